The van der Waals surface area contributed by atoms with E-state index in [0.717, 1.165) is 6.42 Å². The van der Waals surface area contributed by atoms with Crippen molar-refractivity contribution >= 4 is 11.8 Å². The van der Waals surface area contributed by atoms with Crippen LogP contribution in [0.1, 0.15) is 30.6 Å². The lowest BCUT2D eigenvalue weighted by molar-refractivity contribution is -0.121. The van der Waals surface area contributed by atoms with Crippen molar-refractivity contribution in [2.75, 3.05) is 33.9 Å². The van der Waals surface area contributed by atoms with E-state index in [4.69, 9.17) is 9.47 Å². The summed E-state index contributed by atoms with van der Waals surface area (Å²) in [6.07, 6.45) is 2.49. The maximum Gasteiger partial charge on any atom is 0.261 e. The molecule has 8 nitrogen and oxygen atoms in total. The molecule has 130 valence electrons. The third-order valence-corrected chi connectivity index (χ3v) is 3.04. The minimum absolute atomic E-state index is 0.0259. The Morgan fingerprint density at radius 1 is 1.43 bits per heavy atom. The quantitative estimate of drug-likeness (QED) is 0.665. The fourth-order valence-corrected chi connectivity index (χ4v) is 1.93. The second-order valence-electron chi connectivity index (χ2n) is 5.51. The molecule has 0 spiro atoms. The van der Waals surface area contributed by atoms with Crippen LogP contribution in [0, 0.1) is 0 Å². The van der Waals surface area contributed by atoms with E-state index in [1.165, 1.54) is 16.7 Å². The van der Waals surface area contributed by atoms with Gasteiger partial charge in [0.05, 0.1) is 19.8 Å². The van der Waals surface area contributed by atoms with Crippen LogP contribution >= 0.6 is 0 Å². The number of likely N-dealkylation sites (N-methyl/N-ethyl adjacent to an activating group) is 1. The van der Waals surface area contributed by atoms with E-state index in [0.29, 0.717) is 18.7 Å². The number of amides is 2. The molecule has 1 N–H and O–H groups in total. The zero-order chi connectivity index (χ0) is 17.4. The maximum atomic E-state index is 12.3. The average molecular weight is 326 g/mol. The predicted molar refractivity (Wildman–Crippen MR) is 85.4 cm³/mol. The van der Waals surface area contributed by atoms with Gasteiger partial charge in [-0.2, -0.15) is 0 Å². The Labute approximate surface area is 136 Å². The van der Waals surface area contributed by atoms with E-state index < -0.39 is 0 Å². The van der Waals surface area contributed by atoms with E-state index >= 15 is 0 Å². The van der Waals surface area contributed by atoms with E-state index in [-0.39, 0.29) is 30.3 Å². The molecule has 0 aliphatic carbocycles. The van der Waals surface area contributed by atoms with Gasteiger partial charge in [-0.25, -0.2) is 0 Å². The molecule has 1 rings (SSSR count). The number of ether oxygens (including phenoxy) is 2. The summed E-state index contributed by atoms with van der Waals surface area (Å²) in [6, 6.07) is 0. The molecule has 1 aromatic rings. The zero-order valence-corrected chi connectivity index (χ0v) is 14.5. The van der Waals surface area contributed by atoms with Crippen LogP contribution in [0.2, 0.25) is 0 Å². The first-order valence-electron chi connectivity index (χ1n) is 7.56. The van der Waals surface area contributed by atoms with Gasteiger partial charge < -0.3 is 19.7 Å². The number of methoxy groups -OCH3 is 1. The lowest BCUT2D eigenvalue weighted by Gasteiger charge is -2.16. The minimum atomic E-state index is -0.312. The van der Waals surface area contributed by atoms with E-state index in [1.54, 1.807) is 20.3 Å². The number of nitrogens with one attached hydrogen (secondary N) is 1. The smallest absolute Gasteiger partial charge is 0.261 e. The number of carbonyl (C=O) groups is 2. The van der Waals surface area contributed by atoms with Crippen LogP contribution in [0.25, 0.3) is 0 Å². The lowest BCUT2D eigenvalue weighted by atomic mass is 10.3. The highest BCUT2D eigenvalue weighted by Crippen LogP contribution is 2.16. The van der Waals surface area contributed by atoms with E-state index in [9.17, 15) is 9.59 Å². The van der Waals surface area contributed by atoms with Crippen LogP contribution in [0.4, 0.5) is 0 Å². The molecule has 2 amide bonds. The number of rotatable bonds is 9. The monoisotopic (exact) mass is 326 g/mol. The first kappa shape index (κ1) is 19.0. The summed E-state index contributed by atoms with van der Waals surface area (Å²) in [4.78, 5) is 25.5. The average Bonchev–Trinajstić information content (AvgIpc) is 2.86. The Balaban J connectivity index is 2.41. The summed E-state index contributed by atoms with van der Waals surface area (Å²) in [5.41, 5.74) is 0.329. The first-order valence-corrected chi connectivity index (χ1v) is 7.56. The molecule has 0 aliphatic heterocycles. The van der Waals surface area contributed by atoms with Gasteiger partial charge in [-0.15, -0.1) is 5.10 Å². The normalized spacial score (nSPS) is 10.7. The summed E-state index contributed by atoms with van der Waals surface area (Å²) in [5.74, 6) is -0.280. The number of nitrogens with zero attached hydrogens (tertiary/aromatic N) is 3. The Bertz CT molecular complexity index is 528. The molecule has 0 saturated carbocycles. The van der Waals surface area contributed by atoms with E-state index in [2.05, 4.69) is 10.4 Å². The molecule has 1 aromatic heterocycles. The Hall–Kier alpha value is -2.09. The molecule has 0 fully saturated rings. The maximum absolute atomic E-state index is 12.3. The van der Waals surface area contributed by atoms with Crippen molar-refractivity contribution in [1.29, 1.82) is 0 Å². The fourth-order valence-electron chi connectivity index (χ4n) is 1.93. The van der Waals surface area contributed by atoms with Crippen molar-refractivity contribution in [2.45, 2.75) is 26.4 Å². The summed E-state index contributed by atoms with van der Waals surface area (Å²) in [6.45, 7) is 5.02. The van der Waals surface area contributed by atoms with Gasteiger partial charge in [-0.1, -0.05) is 0 Å². The molecule has 1 heterocycles. The molecule has 0 bridgehead atoms. The van der Waals surface area contributed by atoms with Gasteiger partial charge in [-0.05, 0) is 20.3 Å². The Kier molecular flexibility index (Phi) is 7.53. The molecule has 8 heteroatoms. The summed E-state index contributed by atoms with van der Waals surface area (Å²) >= 11 is 0. The molecule has 23 heavy (non-hydrogen) atoms. The van der Waals surface area contributed by atoms with Crippen molar-refractivity contribution in [1.82, 2.24) is 20.0 Å². The molecule has 0 aromatic carbocycles. The van der Waals surface area contributed by atoms with Gasteiger partial charge in [0.25, 0.3) is 5.91 Å². The van der Waals surface area contributed by atoms with Gasteiger partial charge in [0.1, 0.15) is 5.56 Å². The third-order valence-electron chi connectivity index (χ3n) is 3.04. The molecular formula is C15H26N4O4. The minimum Gasteiger partial charge on any atom is -0.479 e. The SMILES string of the molecule is COc1nn(C)cc1C(=O)N(C)CC(=O)NCCCOC(C)C. The van der Waals surface area contributed by atoms with E-state index in [1.807, 2.05) is 13.8 Å². The second kappa shape index (κ2) is 9.14. The number of hydrogen-bond acceptors (Lipinski definition) is 5. The van der Waals surface area contributed by atoms with Gasteiger partial charge >= 0.3 is 0 Å². The van der Waals surface area contributed by atoms with Crippen LogP contribution < -0.4 is 10.1 Å². The van der Waals surface area contributed by atoms with Crippen LogP contribution in [0.5, 0.6) is 5.88 Å². The Morgan fingerprint density at radius 2 is 2.13 bits per heavy atom. The summed E-state index contributed by atoms with van der Waals surface area (Å²) in [5, 5.41) is 6.79. The molecular weight excluding hydrogens is 300 g/mol. The van der Waals surface area contributed by atoms with Gasteiger partial charge in [-0.3, -0.25) is 14.3 Å². The number of carbonyl (C=O) groups excluding carboxylic acids is 2. The molecule has 0 aliphatic rings. The van der Waals surface area contributed by atoms with Crippen LogP contribution in [-0.2, 0) is 16.6 Å². The predicted octanol–water partition coefficient (Wildman–Crippen LogP) is 0.432. The second-order valence-corrected chi connectivity index (χ2v) is 5.51. The van der Waals surface area contributed by atoms with Crippen molar-refractivity contribution in [3.63, 3.8) is 0 Å². The van der Waals surface area contributed by atoms with Gasteiger partial charge in [0, 0.05) is 33.4 Å². The van der Waals surface area contributed by atoms with Crippen molar-refractivity contribution in [2.24, 2.45) is 7.05 Å². The highest BCUT2D eigenvalue weighted by molar-refractivity contribution is 5.98. The van der Waals surface area contributed by atoms with Crippen LogP contribution in [0.15, 0.2) is 6.20 Å². The highest BCUT2D eigenvalue weighted by atomic mass is 16.5. The summed E-state index contributed by atoms with van der Waals surface area (Å²) in [7, 11) is 4.71. The van der Waals surface area contributed by atoms with Crippen molar-refractivity contribution < 1.29 is 19.1 Å². The highest BCUT2D eigenvalue weighted by Gasteiger charge is 2.21. The van der Waals surface area contributed by atoms with Crippen LogP contribution in [-0.4, -0.2) is 66.5 Å². The standard InChI is InChI=1S/C15H26N4O4/c1-11(2)23-8-6-7-16-13(20)10-18(3)15(21)12-9-19(4)17-14(12)22-5/h9,11H,6-8,10H2,1-5H3,(H,16,20). The third kappa shape index (κ3) is 6.27. The molecule has 0 unspecified atom stereocenters. The first-order chi connectivity index (χ1) is 10.8. The lowest BCUT2D eigenvalue weighted by Crippen LogP contribution is -2.38. The zero-order valence-electron chi connectivity index (χ0n) is 14.5. The fraction of sp³-hybridized carbons (Fsp3) is 0.667. The van der Waals surface area contributed by atoms with Crippen LogP contribution in [0.3, 0.4) is 0 Å². The number of hydrogen-bond donors (Lipinski definition) is 1. The molecule has 0 saturated heterocycles. The number of aryl methyl sites for hydroxylation is 1. The molecule has 0 radical (unpaired) electrons. The Morgan fingerprint density at radius 3 is 2.74 bits per heavy atom. The topological polar surface area (TPSA) is 85.7 Å². The van der Waals surface area contributed by atoms with Gasteiger partial charge in [0.15, 0.2) is 0 Å². The summed E-state index contributed by atoms with van der Waals surface area (Å²) < 4.78 is 11.9. The number of aromatic nitrogens is 2. The van der Waals surface area contributed by atoms with Gasteiger partial charge in [0.2, 0.25) is 11.8 Å². The van der Waals surface area contributed by atoms with Crippen molar-refractivity contribution in [3.8, 4) is 5.88 Å². The largest absolute Gasteiger partial charge is 0.479 e. The molecule has 0 atom stereocenters. The van der Waals surface area contributed by atoms with Crippen molar-refractivity contribution in [3.05, 3.63) is 11.8 Å².